The molecule has 7 heteroatoms. The van der Waals surface area contributed by atoms with E-state index in [4.69, 9.17) is 0 Å². The summed E-state index contributed by atoms with van der Waals surface area (Å²) in [5.41, 5.74) is 2.22. The van der Waals surface area contributed by atoms with Gasteiger partial charge in [-0.05, 0) is 20.8 Å². The highest BCUT2D eigenvalue weighted by Crippen LogP contribution is 2.14. The van der Waals surface area contributed by atoms with Crippen LogP contribution in [0.2, 0.25) is 0 Å². The quantitative estimate of drug-likeness (QED) is 0.813. The van der Waals surface area contributed by atoms with E-state index in [1.807, 2.05) is 25.7 Å². The van der Waals surface area contributed by atoms with E-state index in [2.05, 4.69) is 20.4 Å². The maximum absolute atomic E-state index is 12.5. The highest BCUT2D eigenvalue weighted by molar-refractivity contribution is 5.96. The van der Waals surface area contributed by atoms with E-state index >= 15 is 0 Å². The Morgan fingerprint density at radius 2 is 1.90 bits per heavy atom. The Balaban J connectivity index is 1.89. The zero-order valence-electron chi connectivity index (χ0n) is 12.9. The fourth-order valence-electron chi connectivity index (χ4n) is 2.59. The summed E-state index contributed by atoms with van der Waals surface area (Å²) in [7, 11) is 0. The van der Waals surface area contributed by atoms with Crippen molar-refractivity contribution in [1.29, 1.82) is 0 Å². The third kappa shape index (κ3) is 3.60. The number of likely N-dealkylation sites (N-methyl/N-ethyl adjacent to an activating group) is 1. The van der Waals surface area contributed by atoms with Gasteiger partial charge in [-0.15, -0.1) is 0 Å². The number of aryl methyl sites for hydroxylation is 2. The van der Waals surface area contributed by atoms with Crippen LogP contribution in [0.4, 0.5) is 0 Å². The third-order valence-corrected chi connectivity index (χ3v) is 3.74. The Labute approximate surface area is 124 Å². The van der Waals surface area contributed by atoms with E-state index in [-0.39, 0.29) is 11.8 Å². The Hall–Kier alpha value is -1.89. The average molecular weight is 293 g/mol. The molecule has 1 aliphatic heterocycles. The summed E-state index contributed by atoms with van der Waals surface area (Å²) in [6.07, 6.45) is 0. The number of hydrogen-bond acceptors (Lipinski definition) is 4. The summed E-state index contributed by atoms with van der Waals surface area (Å²) in [5.74, 6) is 0.0650. The second kappa shape index (κ2) is 6.71. The topological polar surface area (TPSA) is 81.3 Å². The van der Waals surface area contributed by atoms with Gasteiger partial charge >= 0.3 is 0 Å². The van der Waals surface area contributed by atoms with Crippen LogP contribution >= 0.6 is 0 Å². The molecule has 21 heavy (non-hydrogen) atoms. The largest absolute Gasteiger partial charge is 0.355 e. The van der Waals surface area contributed by atoms with E-state index in [1.165, 1.54) is 0 Å². The zero-order chi connectivity index (χ0) is 15.4. The molecule has 2 heterocycles. The maximum Gasteiger partial charge on any atom is 0.257 e. The predicted molar refractivity (Wildman–Crippen MR) is 79.1 cm³/mol. The molecule has 1 saturated heterocycles. The molecule has 0 atom stereocenters. The molecule has 1 fully saturated rings. The number of carbonyl (C=O) groups is 2. The SMILES string of the molecule is CCNC(=O)CN1CCN(C(=O)c2c(C)n[nH]c2C)CC1. The van der Waals surface area contributed by atoms with Gasteiger partial charge in [0, 0.05) is 38.4 Å². The molecule has 0 aromatic carbocycles. The first-order valence-corrected chi connectivity index (χ1v) is 7.32. The molecule has 0 bridgehead atoms. The predicted octanol–water partition coefficient (Wildman–Crippen LogP) is -0.0796. The summed E-state index contributed by atoms with van der Waals surface area (Å²) in [6.45, 7) is 9.38. The molecule has 7 nitrogen and oxygen atoms in total. The molecule has 0 saturated carbocycles. The van der Waals surface area contributed by atoms with Crippen molar-refractivity contribution in [3.8, 4) is 0 Å². The standard InChI is InChI=1S/C14H23N5O2/c1-4-15-12(20)9-18-5-7-19(8-6-18)14(21)13-10(2)16-17-11(13)3/h4-9H2,1-3H3,(H,15,20)(H,16,17). The summed E-state index contributed by atoms with van der Waals surface area (Å²) in [6, 6.07) is 0. The van der Waals surface area contributed by atoms with Crippen molar-refractivity contribution >= 4 is 11.8 Å². The second-order valence-electron chi connectivity index (χ2n) is 5.33. The summed E-state index contributed by atoms with van der Waals surface area (Å²) >= 11 is 0. The molecule has 0 unspecified atom stereocenters. The number of rotatable bonds is 4. The van der Waals surface area contributed by atoms with Crippen LogP contribution in [-0.2, 0) is 4.79 Å². The lowest BCUT2D eigenvalue weighted by Gasteiger charge is -2.34. The minimum absolute atomic E-state index is 0.0245. The molecule has 0 aliphatic carbocycles. The first kappa shape index (κ1) is 15.5. The molecule has 0 radical (unpaired) electrons. The number of amides is 2. The van der Waals surface area contributed by atoms with E-state index in [1.54, 1.807) is 0 Å². The van der Waals surface area contributed by atoms with Crippen molar-refractivity contribution in [3.63, 3.8) is 0 Å². The Kier molecular flexibility index (Phi) is 4.95. The molecule has 116 valence electrons. The minimum atomic E-state index is 0.0245. The summed E-state index contributed by atoms with van der Waals surface area (Å²) < 4.78 is 0. The second-order valence-corrected chi connectivity index (χ2v) is 5.33. The van der Waals surface area contributed by atoms with Gasteiger partial charge in [0.25, 0.3) is 5.91 Å². The average Bonchev–Trinajstić information content (AvgIpc) is 2.78. The van der Waals surface area contributed by atoms with E-state index in [0.29, 0.717) is 31.7 Å². The molecule has 2 N–H and O–H groups in total. The van der Waals surface area contributed by atoms with Crippen LogP contribution in [0.3, 0.4) is 0 Å². The van der Waals surface area contributed by atoms with Crippen LogP contribution in [-0.4, -0.2) is 71.1 Å². The molecule has 1 aliphatic rings. The summed E-state index contributed by atoms with van der Waals surface area (Å²) in [5, 5.41) is 9.71. The molecule has 2 rings (SSSR count). The lowest BCUT2D eigenvalue weighted by molar-refractivity contribution is -0.122. The first-order chi connectivity index (χ1) is 10.0. The van der Waals surface area contributed by atoms with E-state index < -0.39 is 0 Å². The van der Waals surface area contributed by atoms with Crippen molar-refractivity contribution in [2.75, 3.05) is 39.3 Å². The van der Waals surface area contributed by atoms with Gasteiger partial charge in [-0.3, -0.25) is 19.6 Å². The van der Waals surface area contributed by atoms with Crippen LogP contribution < -0.4 is 5.32 Å². The zero-order valence-corrected chi connectivity index (χ0v) is 12.9. The molecule has 2 amide bonds. The molecule has 1 aromatic heterocycles. The Morgan fingerprint density at radius 3 is 2.43 bits per heavy atom. The van der Waals surface area contributed by atoms with Gasteiger partial charge in [-0.25, -0.2) is 0 Å². The molecule has 1 aromatic rings. The van der Waals surface area contributed by atoms with Crippen LogP contribution in [0.25, 0.3) is 0 Å². The fourth-order valence-corrected chi connectivity index (χ4v) is 2.59. The highest BCUT2D eigenvalue weighted by atomic mass is 16.2. The van der Waals surface area contributed by atoms with Crippen LogP contribution in [0.5, 0.6) is 0 Å². The molecular weight excluding hydrogens is 270 g/mol. The van der Waals surface area contributed by atoms with Crippen molar-refractivity contribution in [3.05, 3.63) is 17.0 Å². The smallest absolute Gasteiger partial charge is 0.257 e. The molecule has 0 spiro atoms. The number of hydrogen-bond donors (Lipinski definition) is 2. The van der Waals surface area contributed by atoms with E-state index in [9.17, 15) is 9.59 Å². The number of carbonyl (C=O) groups excluding carboxylic acids is 2. The number of piperazine rings is 1. The van der Waals surface area contributed by atoms with Gasteiger partial charge in [0.2, 0.25) is 5.91 Å². The number of H-pyrrole nitrogens is 1. The van der Waals surface area contributed by atoms with Crippen LogP contribution in [0.15, 0.2) is 0 Å². The van der Waals surface area contributed by atoms with Gasteiger partial charge in [0.05, 0.1) is 17.8 Å². The van der Waals surface area contributed by atoms with Crippen molar-refractivity contribution in [2.24, 2.45) is 0 Å². The lowest BCUT2D eigenvalue weighted by Crippen LogP contribution is -2.51. The van der Waals surface area contributed by atoms with Crippen molar-refractivity contribution in [2.45, 2.75) is 20.8 Å². The minimum Gasteiger partial charge on any atom is -0.355 e. The number of nitrogens with zero attached hydrogens (tertiary/aromatic N) is 3. The fraction of sp³-hybridized carbons (Fsp3) is 0.643. The van der Waals surface area contributed by atoms with Crippen molar-refractivity contribution in [1.82, 2.24) is 25.3 Å². The first-order valence-electron chi connectivity index (χ1n) is 7.32. The number of nitrogens with one attached hydrogen (secondary N) is 2. The lowest BCUT2D eigenvalue weighted by atomic mass is 10.1. The third-order valence-electron chi connectivity index (χ3n) is 3.74. The van der Waals surface area contributed by atoms with E-state index in [0.717, 1.165) is 24.5 Å². The number of aromatic amines is 1. The van der Waals surface area contributed by atoms with Gasteiger partial charge in [-0.1, -0.05) is 0 Å². The Morgan fingerprint density at radius 1 is 1.24 bits per heavy atom. The van der Waals surface area contributed by atoms with Crippen LogP contribution in [0.1, 0.15) is 28.7 Å². The van der Waals surface area contributed by atoms with Crippen LogP contribution in [0, 0.1) is 13.8 Å². The van der Waals surface area contributed by atoms with Gasteiger partial charge in [-0.2, -0.15) is 5.10 Å². The van der Waals surface area contributed by atoms with Gasteiger partial charge < -0.3 is 10.2 Å². The van der Waals surface area contributed by atoms with Gasteiger partial charge in [0.1, 0.15) is 0 Å². The van der Waals surface area contributed by atoms with Gasteiger partial charge in [0.15, 0.2) is 0 Å². The van der Waals surface area contributed by atoms with Crippen molar-refractivity contribution < 1.29 is 9.59 Å². The normalized spacial score (nSPS) is 16.0. The summed E-state index contributed by atoms with van der Waals surface area (Å²) in [4.78, 5) is 28.0. The monoisotopic (exact) mass is 293 g/mol. The number of aromatic nitrogens is 2. The molecular formula is C14H23N5O2. The highest BCUT2D eigenvalue weighted by Gasteiger charge is 2.26. The maximum atomic E-state index is 12.5. The Bertz CT molecular complexity index is 498.